The second-order valence-corrected chi connectivity index (χ2v) is 6.36. The third-order valence-corrected chi connectivity index (χ3v) is 4.46. The first-order valence-electron chi connectivity index (χ1n) is 5.65. The molecule has 3 rings (SSSR count). The van der Waals surface area contributed by atoms with Crippen LogP contribution in [0.5, 0.6) is 0 Å². The summed E-state index contributed by atoms with van der Waals surface area (Å²) >= 11 is 0. The molecule has 0 aromatic rings. The molecule has 0 aliphatic heterocycles. The van der Waals surface area contributed by atoms with E-state index in [1.165, 1.54) is 32.1 Å². The van der Waals surface area contributed by atoms with Crippen LogP contribution in [0.3, 0.4) is 0 Å². The van der Waals surface area contributed by atoms with E-state index in [0.717, 1.165) is 5.41 Å². The average Bonchev–Trinajstić information content (AvgIpc) is 2.75. The van der Waals surface area contributed by atoms with E-state index in [9.17, 15) is 0 Å². The number of fused-ring (bicyclic) bond motifs is 1. The Morgan fingerprint density at radius 1 is 1.08 bits per heavy atom. The molecule has 0 radical (unpaired) electrons. The van der Waals surface area contributed by atoms with Crippen LogP contribution in [0, 0.1) is 10.8 Å². The zero-order valence-corrected chi connectivity index (χ0v) is 9.02. The molecule has 1 heteroatoms. The van der Waals surface area contributed by atoms with E-state index in [2.05, 4.69) is 20.8 Å². The standard InChI is InChI=1S/C12H20O/c1-10(2,3)13-9-8-12(9)7-6-11(12)4-5-11/h9H,4-8H2,1-3H3. The lowest BCUT2D eigenvalue weighted by Crippen LogP contribution is -2.35. The molecule has 0 N–H and O–H groups in total. The van der Waals surface area contributed by atoms with Gasteiger partial charge in [-0.05, 0) is 58.3 Å². The third kappa shape index (κ3) is 0.971. The number of hydrogen-bond donors (Lipinski definition) is 0. The first kappa shape index (κ1) is 8.28. The predicted molar refractivity (Wildman–Crippen MR) is 52.6 cm³/mol. The van der Waals surface area contributed by atoms with Crippen LogP contribution in [0.1, 0.15) is 52.9 Å². The summed E-state index contributed by atoms with van der Waals surface area (Å²) in [6.45, 7) is 6.53. The van der Waals surface area contributed by atoms with E-state index in [4.69, 9.17) is 4.74 Å². The molecule has 0 heterocycles. The number of ether oxygens (including phenoxy) is 1. The Morgan fingerprint density at radius 2 is 1.69 bits per heavy atom. The molecule has 0 amide bonds. The molecule has 0 saturated heterocycles. The van der Waals surface area contributed by atoms with Gasteiger partial charge in [0.05, 0.1) is 11.7 Å². The van der Waals surface area contributed by atoms with E-state index in [0.29, 0.717) is 11.5 Å². The topological polar surface area (TPSA) is 9.23 Å². The molecular formula is C12H20O. The van der Waals surface area contributed by atoms with Crippen molar-refractivity contribution in [2.45, 2.75) is 64.6 Å². The van der Waals surface area contributed by atoms with Gasteiger partial charge in [0.1, 0.15) is 0 Å². The molecule has 2 spiro atoms. The zero-order valence-electron chi connectivity index (χ0n) is 9.02. The monoisotopic (exact) mass is 180 g/mol. The van der Waals surface area contributed by atoms with Gasteiger partial charge < -0.3 is 4.74 Å². The van der Waals surface area contributed by atoms with E-state index in [1.807, 2.05) is 0 Å². The van der Waals surface area contributed by atoms with E-state index < -0.39 is 0 Å². The molecule has 0 bridgehead atoms. The van der Waals surface area contributed by atoms with Gasteiger partial charge in [-0.25, -0.2) is 0 Å². The zero-order chi connectivity index (χ0) is 9.32. The highest BCUT2D eigenvalue weighted by molar-refractivity contribution is 5.26. The molecule has 3 aliphatic rings. The van der Waals surface area contributed by atoms with Crippen LogP contribution in [0.25, 0.3) is 0 Å². The Morgan fingerprint density at radius 3 is 2.08 bits per heavy atom. The summed E-state index contributed by atoms with van der Waals surface area (Å²) in [5.74, 6) is 0. The van der Waals surface area contributed by atoms with Gasteiger partial charge in [-0.15, -0.1) is 0 Å². The van der Waals surface area contributed by atoms with Crippen molar-refractivity contribution in [3.63, 3.8) is 0 Å². The SMILES string of the molecule is CC(C)(C)OC1CC12CCC21CC1. The van der Waals surface area contributed by atoms with Gasteiger partial charge in [0.2, 0.25) is 0 Å². The Hall–Kier alpha value is -0.0400. The van der Waals surface area contributed by atoms with Crippen molar-refractivity contribution < 1.29 is 4.74 Å². The minimum atomic E-state index is 0.0693. The second kappa shape index (κ2) is 1.98. The molecule has 0 aromatic carbocycles. The van der Waals surface area contributed by atoms with Crippen LogP contribution >= 0.6 is 0 Å². The molecular weight excluding hydrogens is 160 g/mol. The van der Waals surface area contributed by atoms with E-state index in [-0.39, 0.29) is 5.60 Å². The second-order valence-electron chi connectivity index (χ2n) is 6.36. The summed E-state index contributed by atoms with van der Waals surface area (Å²) in [5, 5.41) is 0. The molecule has 74 valence electrons. The molecule has 3 saturated carbocycles. The summed E-state index contributed by atoms with van der Waals surface area (Å²) in [7, 11) is 0. The summed E-state index contributed by atoms with van der Waals surface area (Å²) in [6, 6.07) is 0. The normalized spacial score (nSPS) is 45.0. The van der Waals surface area contributed by atoms with Crippen molar-refractivity contribution in [3.05, 3.63) is 0 Å². The summed E-state index contributed by atoms with van der Waals surface area (Å²) in [5.41, 5.74) is 1.54. The third-order valence-electron chi connectivity index (χ3n) is 4.46. The van der Waals surface area contributed by atoms with Crippen molar-refractivity contribution in [1.29, 1.82) is 0 Å². The minimum absolute atomic E-state index is 0.0693. The Labute approximate surface area is 80.8 Å². The largest absolute Gasteiger partial charge is 0.372 e. The van der Waals surface area contributed by atoms with Gasteiger partial charge in [-0.1, -0.05) is 0 Å². The average molecular weight is 180 g/mol. The molecule has 2 atom stereocenters. The number of hydrogen-bond acceptors (Lipinski definition) is 1. The first-order valence-corrected chi connectivity index (χ1v) is 5.65. The summed E-state index contributed by atoms with van der Waals surface area (Å²) in [6.07, 6.45) is 7.92. The maximum absolute atomic E-state index is 6.08. The fourth-order valence-electron chi connectivity index (χ4n) is 3.37. The maximum atomic E-state index is 6.08. The van der Waals surface area contributed by atoms with Crippen LogP contribution in [0.4, 0.5) is 0 Å². The van der Waals surface area contributed by atoms with Crippen LogP contribution in [-0.4, -0.2) is 11.7 Å². The molecule has 3 fully saturated rings. The van der Waals surface area contributed by atoms with Crippen LogP contribution in [0.2, 0.25) is 0 Å². The van der Waals surface area contributed by atoms with Gasteiger partial charge in [-0.2, -0.15) is 0 Å². The van der Waals surface area contributed by atoms with Crippen molar-refractivity contribution in [1.82, 2.24) is 0 Å². The fraction of sp³-hybridized carbons (Fsp3) is 1.00. The van der Waals surface area contributed by atoms with Gasteiger partial charge in [0.25, 0.3) is 0 Å². The smallest absolute Gasteiger partial charge is 0.0651 e. The fourth-order valence-corrected chi connectivity index (χ4v) is 3.37. The van der Waals surface area contributed by atoms with Crippen molar-refractivity contribution in [3.8, 4) is 0 Å². The van der Waals surface area contributed by atoms with Gasteiger partial charge in [-0.3, -0.25) is 0 Å². The maximum Gasteiger partial charge on any atom is 0.0651 e. The lowest BCUT2D eigenvalue weighted by atomic mass is 9.66. The highest BCUT2D eigenvalue weighted by atomic mass is 16.5. The van der Waals surface area contributed by atoms with Gasteiger partial charge in [0.15, 0.2) is 0 Å². The molecule has 1 nitrogen and oxygen atoms in total. The van der Waals surface area contributed by atoms with Crippen LogP contribution < -0.4 is 0 Å². The summed E-state index contributed by atoms with van der Waals surface area (Å²) < 4.78 is 6.08. The lowest BCUT2D eigenvalue weighted by molar-refractivity contribution is -0.0619. The summed E-state index contributed by atoms with van der Waals surface area (Å²) in [4.78, 5) is 0. The van der Waals surface area contributed by atoms with E-state index >= 15 is 0 Å². The van der Waals surface area contributed by atoms with Crippen molar-refractivity contribution in [2.75, 3.05) is 0 Å². The van der Waals surface area contributed by atoms with Gasteiger partial charge >= 0.3 is 0 Å². The quantitative estimate of drug-likeness (QED) is 0.602. The molecule has 3 aliphatic carbocycles. The highest BCUT2D eigenvalue weighted by Gasteiger charge is 2.77. The Bertz CT molecular complexity index is 246. The Balaban J connectivity index is 1.66. The molecule has 0 aromatic heterocycles. The first-order chi connectivity index (χ1) is 5.98. The lowest BCUT2D eigenvalue weighted by Gasteiger charge is -2.40. The minimum Gasteiger partial charge on any atom is -0.372 e. The predicted octanol–water partition coefficient (Wildman–Crippen LogP) is 3.13. The van der Waals surface area contributed by atoms with Gasteiger partial charge in [0, 0.05) is 5.41 Å². The highest BCUT2D eigenvalue weighted by Crippen LogP contribution is 2.82. The Kier molecular flexibility index (Phi) is 1.26. The van der Waals surface area contributed by atoms with E-state index in [1.54, 1.807) is 0 Å². The van der Waals surface area contributed by atoms with Crippen molar-refractivity contribution >= 4 is 0 Å². The molecule has 13 heavy (non-hydrogen) atoms. The number of rotatable bonds is 1. The molecule has 2 unspecified atom stereocenters. The van der Waals surface area contributed by atoms with Crippen molar-refractivity contribution in [2.24, 2.45) is 10.8 Å². The van der Waals surface area contributed by atoms with Crippen LogP contribution in [0.15, 0.2) is 0 Å². The van der Waals surface area contributed by atoms with Crippen LogP contribution in [-0.2, 0) is 4.74 Å².